The van der Waals surface area contributed by atoms with Crippen LogP contribution in [0.1, 0.15) is 19.3 Å². The van der Waals surface area contributed by atoms with E-state index < -0.39 is 0 Å². The van der Waals surface area contributed by atoms with Crippen LogP contribution in [0.15, 0.2) is 0 Å². The molecule has 3 heteroatoms. The summed E-state index contributed by atoms with van der Waals surface area (Å²) in [7, 11) is 0. The maximum absolute atomic E-state index is 5.64. The standard InChI is InChI=1S/C9H18N2O/c10-6-8-5-9(7-12-8)1-3-11-4-2-9/h8,11H,1-7,10H2. The normalized spacial score (nSPS) is 34.2. The van der Waals surface area contributed by atoms with Crippen LogP contribution in [-0.4, -0.2) is 32.3 Å². The average Bonchev–Trinajstić information content (AvgIpc) is 2.50. The van der Waals surface area contributed by atoms with Crippen LogP contribution in [-0.2, 0) is 4.74 Å². The molecule has 0 saturated carbocycles. The minimum atomic E-state index is 0.336. The van der Waals surface area contributed by atoms with Gasteiger partial charge in [-0.05, 0) is 37.8 Å². The Labute approximate surface area is 73.7 Å². The van der Waals surface area contributed by atoms with E-state index >= 15 is 0 Å². The number of hydrogen-bond acceptors (Lipinski definition) is 3. The van der Waals surface area contributed by atoms with E-state index in [1.807, 2.05) is 0 Å². The highest BCUT2D eigenvalue weighted by Gasteiger charge is 2.40. The Bertz CT molecular complexity index is 155. The van der Waals surface area contributed by atoms with Gasteiger partial charge in [-0.2, -0.15) is 0 Å². The van der Waals surface area contributed by atoms with Crippen molar-refractivity contribution in [2.24, 2.45) is 11.1 Å². The molecule has 0 aromatic rings. The summed E-state index contributed by atoms with van der Waals surface area (Å²) in [5.41, 5.74) is 6.06. The average molecular weight is 170 g/mol. The highest BCUT2D eigenvalue weighted by atomic mass is 16.5. The van der Waals surface area contributed by atoms with Gasteiger partial charge in [0.2, 0.25) is 0 Å². The Kier molecular flexibility index (Phi) is 2.35. The minimum Gasteiger partial charge on any atom is -0.376 e. The molecule has 0 bridgehead atoms. The van der Waals surface area contributed by atoms with E-state index in [1.54, 1.807) is 0 Å². The predicted molar refractivity (Wildman–Crippen MR) is 47.9 cm³/mol. The molecule has 0 radical (unpaired) electrons. The summed E-state index contributed by atoms with van der Waals surface area (Å²) >= 11 is 0. The third kappa shape index (κ3) is 1.49. The molecule has 2 rings (SSSR count). The summed E-state index contributed by atoms with van der Waals surface area (Å²) in [5, 5.41) is 3.38. The van der Waals surface area contributed by atoms with Gasteiger partial charge in [0.1, 0.15) is 0 Å². The fourth-order valence-electron chi connectivity index (χ4n) is 2.35. The van der Waals surface area contributed by atoms with Crippen LogP contribution in [0.5, 0.6) is 0 Å². The summed E-state index contributed by atoms with van der Waals surface area (Å²) in [6.07, 6.45) is 4.06. The van der Waals surface area contributed by atoms with Gasteiger partial charge < -0.3 is 15.8 Å². The summed E-state index contributed by atoms with van der Waals surface area (Å²) in [6, 6.07) is 0. The van der Waals surface area contributed by atoms with E-state index in [-0.39, 0.29) is 0 Å². The fourth-order valence-corrected chi connectivity index (χ4v) is 2.35. The second-order valence-corrected chi connectivity index (χ2v) is 4.12. The van der Waals surface area contributed by atoms with Crippen LogP contribution in [0.25, 0.3) is 0 Å². The predicted octanol–water partition coefficient (Wildman–Crippen LogP) is 0.104. The molecule has 2 heterocycles. The van der Waals surface area contributed by atoms with Gasteiger partial charge in [0.25, 0.3) is 0 Å². The summed E-state index contributed by atoms with van der Waals surface area (Å²) in [6.45, 7) is 3.94. The number of piperidine rings is 1. The molecule has 2 aliphatic rings. The molecular weight excluding hydrogens is 152 g/mol. The van der Waals surface area contributed by atoms with Gasteiger partial charge in [0.05, 0.1) is 12.7 Å². The van der Waals surface area contributed by atoms with Crippen molar-refractivity contribution >= 4 is 0 Å². The Morgan fingerprint density at radius 1 is 1.42 bits per heavy atom. The Balaban J connectivity index is 1.94. The molecule has 1 atom stereocenters. The lowest BCUT2D eigenvalue weighted by Crippen LogP contribution is -2.37. The zero-order chi connectivity index (χ0) is 8.44. The summed E-state index contributed by atoms with van der Waals surface area (Å²) < 4.78 is 5.64. The maximum Gasteiger partial charge on any atom is 0.0703 e. The van der Waals surface area contributed by atoms with Crippen molar-refractivity contribution < 1.29 is 4.74 Å². The molecule has 1 spiro atoms. The van der Waals surface area contributed by atoms with E-state index in [1.165, 1.54) is 19.3 Å². The second kappa shape index (κ2) is 3.32. The lowest BCUT2D eigenvalue weighted by Gasteiger charge is -2.32. The minimum absolute atomic E-state index is 0.336. The van der Waals surface area contributed by atoms with Crippen LogP contribution in [0.4, 0.5) is 0 Å². The van der Waals surface area contributed by atoms with Crippen molar-refractivity contribution in [3.63, 3.8) is 0 Å². The molecule has 1 unspecified atom stereocenters. The zero-order valence-electron chi connectivity index (χ0n) is 7.51. The summed E-state index contributed by atoms with van der Waals surface area (Å²) in [5.74, 6) is 0. The third-order valence-corrected chi connectivity index (χ3v) is 3.21. The number of nitrogens with two attached hydrogens (primary N) is 1. The molecule has 2 aliphatic heterocycles. The third-order valence-electron chi connectivity index (χ3n) is 3.21. The molecule has 70 valence electrons. The van der Waals surface area contributed by atoms with E-state index in [2.05, 4.69) is 5.32 Å². The number of hydrogen-bond donors (Lipinski definition) is 2. The number of nitrogens with one attached hydrogen (secondary N) is 1. The zero-order valence-corrected chi connectivity index (χ0v) is 7.51. The highest BCUT2D eigenvalue weighted by molar-refractivity contribution is 4.91. The molecule has 0 aromatic carbocycles. The Hall–Kier alpha value is -0.120. The summed E-state index contributed by atoms with van der Waals surface area (Å²) in [4.78, 5) is 0. The quantitative estimate of drug-likeness (QED) is 0.587. The lowest BCUT2D eigenvalue weighted by atomic mass is 9.77. The Morgan fingerprint density at radius 2 is 2.17 bits per heavy atom. The van der Waals surface area contributed by atoms with Gasteiger partial charge in [-0.25, -0.2) is 0 Å². The first-order valence-electron chi connectivity index (χ1n) is 4.87. The first-order chi connectivity index (χ1) is 5.85. The van der Waals surface area contributed by atoms with E-state index in [9.17, 15) is 0 Å². The highest BCUT2D eigenvalue weighted by Crippen LogP contribution is 2.39. The Morgan fingerprint density at radius 3 is 2.75 bits per heavy atom. The van der Waals surface area contributed by atoms with Crippen molar-refractivity contribution in [3.8, 4) is 0 Å². The molecular formula is C9H18N2O. The molecule has 0 aromatic heterocycles. The second-order valence-electron chi connectivity index (χ2n) is 4.12. The molecule has 12 heavy (non-hydrogen) atoms. The van der Waals surface area contributed by atoms with Gasteiger partial charge in [-0.3, -0.25) is 0 Å². The molecule has 0 amide bonds. The monoisotopic (exact) mass is 170 g/mol. The van der Waals surface area contributed by atoms with E-state index in [0.29, 0.717) is 18.1 Å². The largest absolute Gasteiger partial charge is 0.376 e. The molecule has 3 N–H and O–H groups in total. The lowest BCUT2D eigenvalue weighted by molar-refractivity contribution is 0.0906. The number of ether oxygens (including phenoxy) is 1. The fraction of sp³-hybridized carbons (Fsp3) is 1.00. The van der Waals surface area contributed by atoms with Crippen molar-refractivity contribution in [2.75, 3.05) is 26.2 Å². The van der Waals surface area contributed by atoms with Gasteiger partial charge in [-0.1, -0.05) is 0 Å². The smallest absolute Gasteiger partial charge is 0.0703 e. The van der Waals surface area contributed by atoms with Crippen molar-refractivity contribution in [1.29, 1.82) is 0 Å². The molecule has 2 fully saturated rings. The first-order valence-corrected chi connectivity index (χ1v) is 4.87. The topological polar surface area (TPSA) is 47.3 Å². The molecule has 3 nitrogen and oxygen atoms in total. The van der Waals surface area contributed by atoms with Crippen LogP contribution in [0.2, 0.25) is 0 Å². The van der Waals surface area contributed by atoms with Crippen LogP contribution < -0.4 is 11.1 Å². The SMILES string of the molecule is NCC1CC2(CCNCC2)CO1. The van der Waals surface area contributed by atoms with E-state index in [0.717, 1.165) is 19.7 Å². The first kappa shape index (κ1) is 8.48. The van der Waals surface area contributed by atoms with Gasteiger partial charge in [-0.15, -0.1) is 0 Å². The number of rotatable bonds is 1. The van der Waals surface area contributed by atoms with Crippen molar-refractivity contribution in [2.45, 2.75) is 25.4 Å². The van der Waals surface area contributed by atoms with Gasteiger partial charge >= 0.3 is 0 Å². The maximum atomic E-state index is 5.64. The van der Waals surface area contributed by atoms with Crippen molar-refractivity contribution in [3.05, 3.63) is 0 Å². The van der Waals surface area contributed by atoms with E-state index in [4.69, 9.17) is 10.5 Å². The van der Waals surface area contributed by atoms with Crippen LogP contribution in [0, 0.1) is 5.41 Å². The van der Waals surface area contributed by atoms with Crippen molar-refractivity contribution in [1.82, 2.24) is 5.32 Å². The van der Waals surface area contributed by atoms with Gasteiger partial charge in [0, 0.05) is 6.54 Å². The van der Waals surface area contributed by atoms with Gasteiger partial charge in [0.15, 0.2) is 0 Å². The molecule has 2 saturated heterocycles. The van der Waals surface area contributed by atoms with Crippen LogP contribution in [0.3, 0.4) is 0 Å². The van der Waals surface area contributed by atoms with Crippen LogP contribution >= 0.6 is 0 Å². The molecule has 0 aliphatic carbocycles.